The van der Waals surface area contributed by atoms with E-state index in [1.807, 2.05) is 11.8 Å². The summed E-state index contributed by atoms with van der Waals surface area (Å²) >= 11 is 1.99. The number of nitrogens with one attached hydrogen (secondary N) is 1. The van der Waals surface area contributed by atoms with Gasteiger partial charge < -0.3 is 9.84 Å². The monoisotopic (exact) mass is 311 g/mol. The highest BCUT2D eigenvalue weighted by Crippen LogP contribution is 2.31. The second-order valence-electron chi connectivity index (χ2n) is 6.41. The Labute approximate surface area is 132 Å². The summed E-state index contributed by atoms with van der Waals surface area (Å²) in [4.78, 5) is 4.56. The summed E-state index contributed by atoms with van der Waals surface area (Å²) in [5.41, 5.74) is 0. The molecule has 1 aliphatic rings. The van der Waals surface area contributed by atoms with E-state index in [-0.39, 0.29) is 0 Å². The topological polar surface area (TPSA) is 51.0 Å². The third kappa shape index (κ3) is 5.99. The second kappa shape index (κ2) is 8.79. The molecule has 0 radical (unpaired) electrons. The van der Waals surface area contributed by atoms with Crippen LogP contribution >= 0.6 is 11.8 Å². The summed E-state index contributed by atoms with van der Waals surface area (Å²) in [6.07, 6.45) is 7.46. The minimum atomic E-state index is 0.436. The lowest BCUT2D eigenvalue weighted by molar-refractivity contribution is 0.338. The summed E-state index contributed by atoms with van der Waals surface area (Å²) in [5.74, 6) is 3.21. The molecule has 0 bridgehead atoms. The molecule has 0 saturated heterocycles. The van der Waals surface area contributed by atoms with E-state index in [4.69, 9.17) is 4.52 Å². The van der Waals surface area contributed by atoms with Crippen LogP contribution in [0.15, 0.2) is 4.52 Å². The number of aromatic nitrogens is 2. The van der Waals surface area contributed by atoms with Gasteiger partial charge in [0.25, 0.3) is 0 Å². The van der Waals surface area contributed by atoms with Crippen molar-refractivity contribution < 1.29 is 4.52 Å². The van der Waals surface area contributed by atoms with Crippen LogP contribution in [0.5, 0.6) is 0 Å². The minimum Gasteiger partial charge on any atom is -0.339 e. The van der Waals surface area contributed by atoms with Crippen molar-refractivity contribution in [1.82, 2.24) is 15.5 Å². The second-order valence-corrected chi connectivity index (χ2v) is 7.70. The number of thioether (sulfide) groups is 1. The maximum atomic E-state index is 5.42. The molecule has 2 rings (SSSR count). The van der Waals surface area contributed by atoms with Gasteiger partial charge in [0.2, 0.25) is 5.89 Å². The molecule has 1 unspecified atom stereocenters. The highest BCUT2D eigenvalue weighted by atomic mass is 32.2. The molecule has 0 amide bonds. The molecular formula is C16H29N3OS. The lowest BCUT2D eigenvalue weighted by atomic mass is 10.0. The zero-order valence-corrected chi connectivity index (χ0v) is 14.4. The Morgan fingerprint density at radius 3 is 2.76 bits per heavy atom. The van der Waals surface area contributed by atoms with E-state index in [0.717, 1.165) is 42.1 Å². The lowest BCUT2D eigenvalue weighted by Gasteiger charge is -2.17. The number of rotatable bonds is 9. The van der Waals surface area contributed by atoms with Crippen LogP contribution in [-0.2, 0) is 12.2 Å². The molecule has 1 aromatic rings. The average Bonchev–Trinajstić information content (AvgIpc) is 3.07. The van der Waals surface area contributed by atoms with Crippen LogP contribution in [0, 0.1) is 5.92 Å². The van der Waals surface area contributed by atoms with Gasteiger partial charge in [-0.2, -0.15) is 16.7 Å². The maximum absolute atomic E-state index is 5.42. The first-order valence-corrected chi connectivity index (χ1v) is 9.38. The number of nitrogens with zero attached hydrogens (tertiary/aromatic N) is 2. The van der Waals surface area contributed by atoms with Gasteiger partial charge in [0.1, 0.15) is 0 Å². The highest BCUT2D eigenvalue weighted by Gasteiger charge is 2.18. The third-order valence-electron chi connectivity index (χ3n) is 3.93. The van der Waals surface area contributed by atoms with Gasteiger partial charge in [-0.3, -0.25) is 0 Å². The van der Waals surface area contributed by atoms with Crippen LogP contribution in [0.1, 0.15) is 64.6 Å². The van der Waals surface area contributed by atoms with Crippen LogP contribution in [0.3, 0.4) is 0 Å². The molecule has 5 heteroatoms. The normalized spacial score (nSPS) is 17.7. The molecule has 1 saturated carbocycles. The minimum absolute atomic E-state index is 0.436. The molecule has 1 aliphatic carbocycles. The molecule has 4 nitrogen and oxygen atoms in total. The van der Waals surface area contributed by atoms with Gasteiger partial charge >= 0.3 is 0 Å². The molecule has 0 aromatic carbocycles. The van der Waals surface area contributed by atoms with Gasteiger partial charge in [-0.05, 0) is 31.7 Å². The highest BCUT2D eigenvalue weighted by molar-refractivity contribution is 7.99. The van der Waals surface area contributed by atoms with Crippen molar-refractivity contribution >= 4 is 11.8 Å². The Morgan fingerprint density at radius 2 is 2.10 bits per heavy atom. The van der Waals surface area contributed by atoms with Gasteiger partial charge in [0.05, 0.1) is 5.75 Å². The maximum Gasteiger partial charge on any atom is 0.228 e. The smallest absolute Gasteiger partial charge is 0.228 e. The van der Waals surface area contributed by atoms with Crippen molar-refractivity contribution in [3.05, 3.63) is 11.7 Å². The Bertz CT molecular complexity index is 402. The Morgan fingerprint density at radius 1 is 1.33 bits per heavy atom. The first-order chi connectivity index (χ1) is 10.2. The summed E-state index contributed by atoms with van der Waals surface area (Å²) in [7, 11) is 0. The molecule has 1 atom stereocenters. The van der Waals surface area contributed by atoms with Crippen LogP contribution < -0.4 is 5.32 Å². The first-order valence-electron chi connectivity index (χ1n) is 8.33. The van der Waals surface area contributed by atoms with E-state index in [0.29, 0.717) is 12.0 Å². The summed E-state index contributed by atoms with van der Waals surface area (Å²) < 4.78 is 5.42. The lowest BCUT2D eigenvalue weighted by Crippen LogP contribution is -2.32. The number of hydrogen-bond acceptors (Lipinski definition) is 5. The van der Waals surface area contributed by atoms with Crippen molar-refractivity contribution in [2.24, 2.45) is 5.92 Å². The number of likely N-dealkylation sites (N-methyl/N-ethyl adjacent to an activating group) is 1. The SMILES string of the molecule is CCNC(Cc1nc(CSC2CCCC2)no1)CC(C)C. The van der Waals surface area contributed by atoms with Crippen molar-refractivity contribution in [3.63, 3.8) is 0 Å². The summed E-state index contributed by atoms with van der Waals surface area (Å²) in [6.45, 7) is 7.63. The van der Waals surface area contributed by atoms with Gasteiger partial charge in [-0.25, -0.2) is 0 Å². The summed E-state index contributed by atoms with van der Waals surface area (Å²) in [6, 6.07) is 0.436. The quantitative estimate of drug-likeness (QED) is 0.751. The Hall–Kier alpha value is -0.550. The van der Waals surface area contributed by atoms with Gasteiger partial charge in [0, 0.05) is 17.7 Å². The van der Waals surface area contributed by atoms with Gasteiger partial charge in [0.15, 0.2) is 5.82 Å². The molecule has 1 N–H and O–H groups in total. The van der Waals surface area contributed by atoms with Crippen LogP contribution in [0.2, 0.25) is 0 Å². The molecular weight excluding hydrogens is 282 g/mol. The van der Waals surface area contributed by atoms with E-state index >= 15 is 0 Å². The zero-order valence-electron chi connectivity index (χ0n) is 13.6. The average molecular weight is 311 g/mol. The van der Waals surface area contributed by atoms with Crippen molar-refractivity contribution in [2.45, 2.75) is 76.3 Å². The van der Waals surface area contributed by atoms with Crippen molar-refractivity contribution in [3.8, 4) is 0 Å². The van der Waals surface area contributed by atoms with Crippen molar-refractivity contribution in [1.29, 1.82) is 0 Å². The van der Waals surface area contributed by atoms with Crippen molar-refractivity contribution in [2.75, 3.05) is 6.54 Å². The molecule has 21 heavy (non-hydrogen) atoms. The van der Waals surface area contributed by atoms with E-state index in [9.17, 15) is 0 Å². The van der Waals surface area contributed by atoms with E-state index in [2.05, 4.69) is 36.2 Å². The Kier molecular flexibility index (Phi) is 7.04. The fourth-order valence-corrected chi connectivity index (χ4v) is 4.16. The fourth-order valence-electron chi connectivity index (χ4n) is 2.99. The predicted octanol–water partition coefficient (Wildman–Crippen LogP) is 3.81. The predicted molar refractivity (Wildman–Crippen MR) is 88.5 cm³/mol. The first kappa shape index (κ1) is 16.8. The molecule has 1 heterocycles. The summed E-state index contributed by atoms with van der Waals surface area (Å²) in [5, 5.41) is 8.46. The third-order valence-corrected chi connectivity index (χ3v) is 5.30. The van der Waals surface area contributed by atoms with Gasteiger partial charge in [-0.1, -0.05) is 38.8 Å². The molecule has 120 valence electrons. The van der Waals surface area contributed by atoms with E-state index < -0.39 is 0 Å². The van der Waals surface area contributed by atoms with Crippen LogP contribution in [0.25, 0.3) is 0 Å². The van der Waals surface area contributed by atoms with Gasteiger partial charge in [-0.15, -0.1) is 0 Å². The largest absolute Gasteiger partial charge is 0.339 e. The van der Waals surface area contributed by atoms with Crippen LogP contribution in [-0.4, -0.2) is 28.0 Å². The van der Waals surface area contributed by atoms with Crippen LogP contribution in [0.4, 0.5) is 0 Å². The standard InChI is InChI=1S/C16H29N3OS/c1-4-17-13(9-12(2)3)10-16-18-15(19-20-16)11-21-14-7-5-6-8-14/h12-14,17H,4-11H2,1-3H3. The molecule has 0 spiro atoms. The molecule has 1 fully saturated rings. The number of hydrogen-bond donors (Lipinski definition) is 1. The van der Waals surface area contributed by atoms with E-state index in [1.165, 1.54) is 25.7 Å². The fraction of sp³-hybridized carbons (Fsp3) is 0.875. The van der Waals surface area contributed by atoms with E-state index in [1.54, 1.807) is 0 Å². The molecule has 0 aliphatic heterocycles. The Balaban J connectivity index is 1.80. The molecule has 1 aromatic heterocycles. The zero-order chi connectivity index (χ0) is 15.1.